The zero-order chi connectivity index (χ0) is 9.69. The van der Waals surface area contributed by atoms with Crippen molar-refractivity contribution in [2.45, 2.75) is 46.1 Å². The highest BCUT2D eigenvalue weighted by molar-refractivity contribution is 5.35. The molecule has 3 atom stereocenters. The van der Waals surface area contributed by atoms with Crippen LogP contribution in [-0.4, -0.2) is 12.1 Å². The van der Waals surface area contributed by atoms with E-state index in [0.29, 0.717) is 0 Å². The van der Waals surface area contributed by atoms with Crippen LogP contribution in [-0.2, 0) is 4.79 Å². The van der Waals surface area contributed by atoms with E-state index in [4.69, 9.17) is 0 Å². The Balaban J connectivity index is 2.39. The largest absolute Gasteiger partial charge is 0.235 e. The molecule has 0 aromatic rings. The molecule has 72 valence electrons. The summed E-state index contributed by atoms with van der Waals surface area (Å²) >= 11 is 0. The molecule has 0 aromatic carbocycles. The molecule has 0 saturated heterocycles. The molecular weight excluding hydrogens is 162 g/mol. The van der Waals surface area contributed by atoms with E-state index in [1.165, 1.54) is 19.3 Å². The number of hydrogen-bond donors (Lipinski definition) is 0. The zero-order valence-electron chi connectivity index (χ0n) is 8.63. The van der Waals surface area contributed by atoms with E-state index in [1.54, 1.807) is 6.08 Å². The summed E-state index contributed by atoms with van der Waals surface area (Å²) in [6.07, 6.45) is 5.54. The molecule has 0 amide bonds. The molecule has 2 rings (SSSR count). The number of isocyanates is 1. The molecule has 13 heavy (non-hydrogen) atoms. The topological polar surface area (TPSA) is 29.4 Å². The molecule has 0 heterocycles. The van der Waals surface area contributed by atoms with Crippen LogP contribution in [0.4, 0.5) is 0 Å². The first-order valence-corrected chi connectivity index (χ1v) is 5.08. The lowest BCUT2D eigenvalue weighted by atomic mass is 9.69. The summed E-state index contributed by atoms with van der Waals surface area (Å²) in [5, 5.41) is 0. The SMILES string of the molecule is CC12CCC(C1)C(C)(C)C2N=C=O. The minimum atomic E-state index is 0.205. The van der Waals surface area contributed by atoms with Gasteiger partial charge < -0.3 is 0 Å². The van der Waals surface area contributed by atoms with Gasteiger partial charge in [0.05, 0.1) is 6.04 Å². The second kappa shape index (κ2) is 2.45. The monoisotopic (exact) mass is 179 g/mol. The van der Waals surface area contributed by atoms with E-state index in [-0.39, 0.29) is 16.9 Å². The molecule has 0 aliphatic heterocycles. The number of nitrogens with zero attached hydrogens (tertiary/aromatic N) is 1. The van der Waals surface area contributed by atoms with Crippen LogP contribution in [0.5, 0.6) is 0 Å². The lowest BCUT2D eigenvalue weighted by molar-refractivity contribution is 0.142. The van der Waals surface area contributed by atoms with Gasteiger partial charge in [0, 0.05) is 0 Å². The van der Waals surface area contributed by atoms with Crippen molar-refractivity contribution in [2.75, 3.05) is 0 Å². The van der Waals surface area contributed by atoms with Gasteiger partial charge in [0.1, 0.15) is 0 Å². The maximum absolute atomic E-state index is 10.4. The molecule has 2 aliphatic carbocycles. The van der Waals surface area contributed by atoms with Crippen LogP contribution in [0.25, 0.3) is 0 Å². The fourth-order valence-corrected chi connectivity index (χ4v) is 3.65. The van der Waals surface area contributed by atoms with Gasteiger partial charge in [0.25, 0.3) is 0 Å². The van der Waals surface area contributed by atoms with Crippen LogP contribution in [0.1, 0.15) is 40.0 Å². The smallest absolute Gasteiger partial charge is 0.211 e. The number of hydrogen-bond acceptors (Lipinski definition) is 2. The molecular formula is C11H17NO. The Bertz CT molecular complexity index is 273. The molecule has 2 saturated carbocycles. The van der Waals surface area contributed by atoms with Crippen molar-refractivity contribution < 1.29 is 4.79 Å². The molecule has 0 aromatic heterocycles. The number of fused-ring (bicyclic) bond motifs is 2. The Morgan fingerprint density at radius 2 is 2.08 bits per heavy atom. The van der Waals surface area contributed by atoms with Gasteiger partial charge in [-0.25, -0.2) is 9.79 Å². The predicted octanol–water partition coefficient (Wildman–Crippen LogP) is 2.54. The second-order valence-electron chi connectivity index (χ2n) is 5.54. The van der Waals surface area contributed by atoms with Gasteiger partial charge in [-0.15, -0.1) is 0 Å². The van der Waals surface area contributed by atoms with E-state index < -0.39 is 0 Å². The van der Waals surface area contributed by atoms with Crippen LogP contribution in [0.3, 0.4) is 0 Å². The number of rotatable bonds is 1. The highest BCUT2D eigenvalue weighted by Crippen LogP contribution is 2.63. The van der Waals surface area contributed by atoms with Crippen molar-refractivity contribution in [1.82, 2.24) is 0 Å². The van der Waals surface area contributed by atoms with Crippen molar-refractivity contribution >= 4 is 6.08 Å². The van der Waals surface area contributed by atoms with Crippen molar-refractivity contribution in [3.8, 4) is 0 Å². The predicted molar refractivity (Wildman–Crippen MR) is 51.1 cm³/mol. The Morgan fingerprint density at radius 3 is 2.54 bits per heavy atom. The standard InChI is InChI=1S/C11H17NO/c1-10(2)8-4-5-11(3,6-8)9(10)12-7-13/h8-9H,4-6H2,1-3H3. The van der Waals surface area contributed by atoms with E-state index in [2.05, 4.69) is 25.8 Å². The molecule has 0 spiro atoms. The Labute approximate surface area is 79.4 Å². The van der Waals surface area contributed by atoms with Gasteiger partial charge >= 0.3 is 0 Å². The quantitative estimate of drug-likeness (QED) is 0.449. The Kier molecular flexibility index (Phi) is 1.69. The number of carbonyl (C=O) groups excluding carboxylic acids is 1. The summed E-state index contributed by atoms with van der Waals surface area (Å²) in [5.74, 6) is 0.764. The third-order valence-electron chi connectivity index (χ3n) is 4.38. The third-order valence-corrected chi connectivity index (χ3v) is 4.38. The molecule has 3 unspecified atom stereocenters. The highest BCUT2D eigenvalue weighted by Gasteiger charge is 2.59. The van der Waals surface area contributed by atoms with E-state index in [9.17, 15) is 4.79 Å². The van der Waals surface area contributed by atoms with E-state index in [1.807, 2.05) is 0 Å². The van der Waals surface area contributed by atoms with Gasteiger partial charge in [-0.2, -0.15) is 0 Å². The third kappa shape index (κ3) is 1.02. The maximum atomic E-state index is 10.4. The molecule has 0 radical (unpaired) electrons. The van der Waals surface area contributed by atoms with Crippen LogP contribution < -0.4 is 0 Å². The lowest BCUT2D eigenvalue weighted by Crippen LogP contribution is -2.38. The minimum absolute atomic E-state index is 0.205. The molecule has 2 bridgehead atoms. The maximum Gasteiger partial charge on any atom is 0.235 e. The highest BCUT2D eigenvalue weighted by atomic mass is 16.1. The fourth-order valence-electron chi connectivity index (χ4n) is 3.65. The first-order chi connectivity index (χ1) is 6.00. The summed E-state index contributed by atoms with van der Waals surface area (Å²) in [6, 6.07) is 0.205. The summed E-state index contributed by atoms with van der Waals surface area (Å²) in [6.45, 7) is 6.76. The van der Waals surface area contributed by atoms with Crippen LogP contribution in [0.2, 0.25) is 0 Å². The lowest BCUT2D eigenvalue weighted by Gasteiger charge is -2.38. The normalized spacial score (nSPS) is 46.1. The Hall–Kier alpha value is -0.620. The second-order valence-corrected chi connectivity index (χ2v) is 5.54. The van der Waals surface area contributed by atoms with Gasteiger partial charge in [0.2, 0.25) is 6.08 Å². The average molecular weight is 179 g/mol. The molecule has 2 nitrogen and oxygen atoms in total. The average Bonchev–Trinajstić information content (AvgIpc) is 2.50. The van der Waals surface area contributed by atoms with Crippen LogP contribution in [0.15, 0.2) is 4.99 Å². The Morgan fingerprint density at radius 1 is 1.38 bits per heavy atom. The number of aliphatic imine (C=N–C) groups is 1. The van der Waals surface area contributed by atoms with E-state index in [0.717, 1.165) is 5.92 Å². The van der Waals surface area contributed by atoms with Crippen LogP contribution >= 0.6 is 0 Å². The summed E-state index contributed by atoms with van der Waals surface area (Å²) in [4.78, 5) is 14.4. The van der Waals surface area contributed by atoms with Crippen molar-refractivity contribution in [3.63, 3.8) is 0 Å². The molecule has 2 fully saturated rings. The van der Waals surface area contributed by atoms with E-state index >= 15 is 0 Å². The first kappa shape index (κ1) is 8.96. The van der Waals surface area contributed by atoms with Crippen LogP contribution in [0, 0.1) is 16.7 Å². The van der Waals surface area contributed by atoms with Gasteiger partial charge in [-0.1, -0.05) is 20.8 Å². The van der Waals surface area contributed by atoms with Crippen molar-refractivity contribution in [3.05, 3.63) is 0 Å². The van der Waals surface area contributed by atoms with Gasteiger partial charge in [-0.05, 0) is 36.0 Å². The summed E-state index contributed by atoms with van der Waals surface area (Å²) in [5.41, 5.74) is 0.496. The minimum Gasteiger partial charge on any atom is -0.211 e. The van der Waals surface area contributed by atoms with Crippen molar-refractivity contribution in [1.29, 1.82) is 0 Å². The van der Waals surface area contributed by atoms with Gasteiger partial charge in [-0.3, -0.25) is 0 Å². The van der Waals surface area contributed by atoms with Gasteiger partial charge in [0.15, 0.2) is 0 Å². The molecule has 2 aliphatic rings. The molecule has 0 N–H and O–H groups in total. The summed E-state index contributed by atoms with van der Waals surface area (Å²) in [7, 11) is 0. The fraction of sp³-hybridized carbons (Fsp3) is 0.909. The summed E-state index contributed by atoms with van der Waals surface area (Å²) < 4.78 is 0. The van der Waals surface area contributed by atoms with Crippen molar-refractivity contribution in [2.24, 2.45) is 21.7 Å². The molecule has 2 heteroatoms. The zero-order valence-corrected chi connectivity index (χ0v) is 8.63. The first-order valence-electron chi connectivity index (χ1n) is 5.08.